The Bertz CT molecular complexity index is 372. The number of aryl methyl sites for hydroxylation is 1. The lowest BCUT2D eigenvalue weighted by Gasteiger charge is -2.13. The zero-order valence-corrected chi connectivity index (χ0v) is 7.27. The van der Waals surface area contributed by atoms with Crippen molar-refractivity contribution < 1.29 is 4.39 Å². The van der Waals surface area contributed by atoms with Gasteiger partial charge in [0.25, 0.3) is 5.56 Å². The largest absolute Gasteiger partial charge is 0.308 e. The van der Waals surface area contributed by atoms with E-state index in [1.54, 1.807) is 0 Å². The second kappa shape index (κ2) is 3.28. The molecule has 2 rings (SSSR count). The molecule has 0 aliphatic heterocycles. The van der Waals surface area contributed by atoms with Gasteiger partial charge in [-0.05, 0) is 25.7 Å². The number of fused-ring (bicyclic) bond motifs is 1. The van der Waals surface area contributed by atoms with E-state index in [9.17, 15) is 9.18 Å². The summed E-state index contributed by atoms with van der Waals surface area (Å²) < 4.78 is 12.2. The summed E-state index contributed by atoms with van der Waals surface area (Å²) in [4.78, 5) is 17.9. The van der Waals surface area contributed by atoms with E-state index < -0.39 is 6.67 Å². The number of alkyl halides is 1. The third-order valence-corrected chi connectivity index (χ3v) is 2.37. The molecule has 0 saturated carbocycles. The van der Waals surface area contributed by atoms with Crippen LogP contribution in [0.25, 0.3) is 0 Å². The summed E-state index contributed by atoms with van der Waals surface area (Å²) in [6, 6.07) is 0. The zero-order valence-electron chi connectivity index (χ0n) is 7.27. The molecule has 1 heterocycles. The molecular weight excluding hydrogens is 171 g/mol. The fourth-order valence-electron chi connectivity index (χ4n) is 1.72. The summed E-state index contributed by atoms with van der Waals surface area (Å²) in [6.07, 6.45) is 3.68. The fraction of sp³-hybridized carbons (Fsp3) is 0.556. The Morgan fingerprint density at radius 3 is 2.92 bits per heavy atom. The highest BCUT2D eigenvalue weighted by molar-refractivity contribution is 5.20. The van der Waals surface area contributed by atoms with Gasteiger partial charge in [0.15, 0.2) is 0 Å². The van der Waals surface area contributed by atoms with Gasteiger partial charge in [0, 0.05) is 5.56 Å². The average molecular weight is 182 g/mol. The van der Waals surface area contributed by atoms with Crippen molar-refractivity contribution in [2.24, 2.45) is 0 Å². The van der Waals surface area contributed by atoms with Crippen LogP contribution in [-0.4, -0.2) is 9.97 Å². The molecule has 1 aromatic rings. The average Bonchev–Trinajstić information content (AvgIpc) is 2.18. The van der Waals surface area contributed by atoms with Crippen molar-refractivity contribution in [2.75, 3.05) is 0 Å². The van der Waals surface area contributed by atoms with Gasteiger partial charge in [-0.1, -0.05) is 0 Å². The lowest BCUT2D eigenvalue weighted by atomic mass is 9.97. The van der Waals surface area contributed by atoms with Crippen molar-refractivity contribution in [1.82, 2.24) is 9.97 Å². The van der Waals surface area contributed by atoms with Crippen molar-refractivity contribution in [1.29, 1.82) is 0 Å². The van der Waals surface area contributed by atoms with Gasteiger partial charge in [0.05, 0.1) is 5.69 Å². The Kier molecular flexibility index (Phi) is 2.12. The van der Waals surface area contributed by atoms with E-state index in [1.165, 1.54) is 0 Å². The lowest BCUT2D eigenvalue weighted by Crippen LogP contribution is -2.22. The number of nitrogens with one attached hydrogen (secondary N) is 1. The molecule has 13 heavy (non-hydrogen) atoms. The summed E-state index contributed by atoms with van der Waals surface area (Å²) in [6.45, 7) is -0.692. The minimum atomic E-state index is -0.692. The monoisotopic (exact) mass is 182 g/mol. The number of aromatic amines is 1. The highest BCUT2D eigenvalue weighted by atomic mass is 19.1. The van der Waals surface area contributed by atoms with E-state index in [1.807, 2.05) is 0 Å². The maximum Gasteiger partial charge on any atom is 0.254 e. The quantitative estimate of drug-likeness (QED) is 0.707. The smallest absolute Gasteiger partial charge is 0.254 e. The third kappa shape index (κ3) is 1.48. The van der Waals surface area contributed by atoms with Crippen molar-refractivity contribution in [3.63, 3.8) is 0 Å². The van der Waals surface area contributed by atoms with Crippen LogP contribution in [-0.2, 0) is 19.5 Å². The van der Waals surface area contributed by atoms with E-state index >= 15 is 0 Å². The van der Waals surface area contributed by atoms with Gasteiger partial charge in [-0.3, -0.25) is 4.79 Å². The van der Waals surface area contributed by atoms with Crippen LogP contribution in [0.5, 0.6) is 0 Å². The number of hydrogen-bond donors (Lipinski definition) is 1. The molecule has 0 atom stereocenters. The predicted molar refractivity (Wildman–Crippen MR) is 46.3 cm³/mol. The van der Waals surface area contributed by atoms with Crippen LogP contribution in [0.2, 0.25) is 0 Å². The Morgan fingerprint density at radius 1 is 1.38 bits per heavy atom. The highest BCUT2D eigenvalue weighted by Gasteiger charge is 2.14. The lowest BCUT2D eigenvalue weighted by molar-refractivity contribution is 0.460. The van der Waals surface area contributed by atoms with Gasteiger partial charge in [0.1, 0.15) is 12.5 Å². The van der Waals surface area contributed by atoms with Crippen molar-refractivity contribution >= 4 is 0 Å². The van der Waals surface area contributed by atoms with E-state index in [0.717, 1.165) is 36.9 Å². The standard InChI is InChI=1S/C9H11FN2O/c10-5-8-11-7-4-2-1-3-6(7)9(13)12-8/h1-5H2,(H,11,12,13). The van der Waals surface area contributed by atoms with Gasteiger partial charge in [-0.15, -0.1) is 0 Å². The third-order valence-electron chi connectivity index (χ3n) is 2.37. The molecule has 0 radical (unpaired) electrons. The summed E-state index contributed by atoms with van der Waals surface area (Å²) >= 11 is 0. The summed E-state index contributed by atoms with van der Waals surface area (Å²) in [5.74, 6) is 0.158. The van der Waals surface area contributed by atoms with Crippen molar-refractivity contribution in [2.45, 2.75) is 32.4 Å². The Labute approximate surface area is 75.0 Å². The molecule has 1 aliphatic rings. The minimum absolute atomic E-state index is 0.155. The molecule has 0 unspecified atom stereocenters. The van der Waals surface area contributed by atoms with Gasteiger partial charge in [-0.25, -0.2) is 9.37 Å². The summed E-state index contributed by atoms with van der Waals surface area (Å²) in [5.41, 5.74) is 1.39. The van der Waals surface area contributed by atoms with Gasteiger partial charge >= 0.3 is 0 Å². The van der Waals surface area contributed by atoms with Crippen LogP contribution in [0.4, 0.5) is 4.39 Å². The Morgan fingerprint density at radius 2 is 2.15 bits per heavy atom. The SMILES string of the molecule is O=c1[nH]c(CF)nc2c1CCCC2. The number of rotatable bonds is 1. The molecule has 3 nitrogen and oxygen atoms in total. The fourth-order valence-corrected chi connectivity index (χ4v) is 1.72. The number of nitrogens with zero attached hydrogens (tertiary/aromatic N) is 1. The minimum Gasteiger partial charge on any atom is -0.308 e. The van der Waals surface area contributed by atoms with Crippen LogP contribution in [0, 0.1) is 0 Å². The van der Waals surface area contributed by atoms with Crippen molar-refractivity contribution in [3.8, 4) is 0 Å². The first-order valence-corrected chi connectivity index (χ1v) is 4.48. The summed E-state index contributed by atoms with van der Waals surface area (Å²) in [7, 11) is 0. The van der Waals surface area contributed by atoms with Gasteiger partial charge in [0.2, 0.25) is 0 Å². The topological polar surface area (TPSA) is 45.8 Å². The number of hydrogen-bond acceptors (Lipinski definition) is 2. The molecule has 1 aliphatic carbocycles. The number of aromatic nitrogens is 2. The van der Waals surface area contributed by atoms with Crippen molar-refractivity contribution in [3.05, 3.63) is 27.4 Å². The van der Waals surface area contributed by atoms with Crippen LogP contribution >= 0.6 is 0 Å². The molecule has 0 amide bonds. The molecule has 70 valence electrons. The highest BCUT2D eigenvalue weighted by Crippen LogP contribution is 2.15. The predicted octanol–water partition coefficient (Wildman–Crippen LogP) is 1.12. The Balaban J connectivity index is 2.53. The first kappa shape index (κ1) is 8.41. The normalized spacial score (nSPS) is 15.5. The molecule has 0 spiro atoms. The molecular formula is C9H11FN2O. The molecule has 0 fully saturated rings. The van der Waals surface area contributed by atoms with Crippen LogP contribution in [0.15, 0.2) is 4.79 Å². The number of H-pyrrole nitrogens is 1. The first-order chi connectivity index (χ1) is 6.31. The van der Waals surface area contributed by atoms with Crippen LogP contribution < -0.4 is 5.56 Å². The second-order valence-electron chi connectivity index (χ2n) is 3.28. The second-order valence-corrected chi connectivity index (χ2v) is 3.28. The molecule has 4 heteroatoms. The van der Waals surface area contributed by atoms with Gasteiger partial charge < -0.3 is 4.98 Å². The van der Waals surface area contributed by atoms with Gasteiger partial charge in [-0.2, -0.15) is 0 Å². The molecule has 1 N–H and O–H groups in total. The maximum atomic E-state index is 12.2. The van der Waals surface area contributed by atoms with E-state index in [4.69, 9.17) is 0 Å². The molecule has 0 bridgehead atoms. The van der Waals surface area contributed by atoms with E-state index in [2.05, 4.69) is 9.97 Å². The zero-order chi connectivity index (χ0) is 9.26. The van der Waals surface area contributed by atoms with E-state index in [-0.39, 0.29) is 11.4 Å². The van der Waals surface area contributed by atoms with Crippen LogP contribution in [0.1, 0.15) is 29.9 Å². The Hall–Kier alpha value is -1.19. The molecule has 0 aromatic carbocycles. The van der Waals surface area contributed by atoms with Crippen LogP contribution in [0.3, 0.4) is 0 Å². The number of halogens is 1. The molecule has 0 saturated heterocycles. The molecule has 1 aromatic heterocycles. The maximum absolute atomic E-state index is 12.2. The summed E-state index contributed by atoms with van der Waals surface area (Å²) in [5, 5.41) is 0. The first-order valence-electron chi connectivity index (χ1n) is 4.48. The van der Waals surface area contributed by atoms with E-state index in [0.29, 0.717) is 0 Å².